The quantitative estimate of drug-likeness (QED) is 0.413. The molecule has 0 aliphatic heterocycles. The van der Waals surface area contributed by atoms with Crippen LogP contribution in [0.1, 0.15) is 0 Å². The summed E-state index contributed by atoms with van der Waals surface area (Å²) in [6.07, 6.45) is 0. The van der Waals surface area contributed by atoms with Crippen LogP contribution in [0.3, 0.4) is 0 Å². The summed E-state index contributed by atoms with van der Waals surface area (Å²) in [5.74, 6) is 0. The summed E-state index contributed by atoms with van der Waals surface area (Å²) < 4.78 is 0. The molecule has 0 aliphatic carbocycles. The number of carbonyl (C=O) groups is 1. The van der Waals surface area contributed by atoms with Crippen LogP contribution < -0.4 is 0 Å². The molecule has 0 heterocycles. The zero-order chi connectivity index (χ0) is 2.71. The molecule has 0 bridgehead atoms. The molecule has 0 aromatic heterocycles. The Morgan fingerprint density at radius 1 is 1.75 bits per heavy atom. The van der Waals surface area contributed by atoms with Crippen molar-refractivity contribution in [1.82, 2.24) is 0 Å². The molecule has 0 rings (SSSR count). The Morgan fingerprint density at radius 3 is 1.75 bits per heavy atom. The fourth-order valence-corrected chi connectivity index (χ4v) is 0. The Morgan fingerprint density at radius 2 is 1.75 bits per heavy atom. The van der Waals surface area contributed by atoms with E-state index in [4.69, 9.17) is 9.90 Å². The summed E-state index contributed by atoms with van der Waals surface area (Å²) in [5.41, 5.74) is 0. The molecular formula is CH6O2Pb. The number of hydrogen-bond acceptors (Lipinski definition) is 1. The molecule has 26 valence electrons. The van der Waals surface area contributed by atoms with E-state index in [9.17, 15) is 0 Å². The number of carboxylic acid groups (broad SMARTS) is 1. The first-order valence-electron chi connectivity index (χ1n) is 0.494. The molecule has 1 N–H and O–H groups in total. The van der Waals surface area contributed by atoms with Crippen molar-refractivity contribution in [3.05, 3.63) is 0 Å². The predicted octanol–water partition coefficient (Wildman–Crippen LogP) is -1.75. The average Bonchev–Trinajstić information content (AvgIpc) is 0.918. The maximum absolute atomic E-state index is 8.36. The van der Waals surface area contributed by atoms with Gasteiger partial charge < -0.3 is 5.11 Å². The molecule has 0 saturated heterocycles. The second-order valence-corrected chi connectivity index (χ2v) is 0.105. The molecule has 0 aliphatic rings. The van der Waals surface area contributed by atoms with Crippen LogP contribution in [0.2, 0.25) is 0 Å². The molecule has 0 aromatic rings. The third kappa shape index (κ3) is 30.2. The van der Waals surface area contributed by atoms with Crippen LogP contribution in [-0.4, -0.2) is 38.9 Å². The van der Waals surface area contributed by atoms with E-state index in [0.717, 1.165) is 0 Å². The van der Waals surface area contributed by atoms with E-state index in [1.807, 2.05) is 0 Å². The molecule has 0 amide bonds. The van der Waals surface area contributed by atoms with Gasteiger partial charge in [0.05, 0.1) is 0 Å². The molecule has 0 atom stereocenters. The first kappa shape index (κ1) is 8.83. The van der Waals surface area contributed by atoms with Crippen molar-refractivity contribution in [3.63, 3.8) is 0 Å². The standard InChI is InChI=1S/CH2O2.Pb.4H/c2-1-3;;;;;/h1H,(H,2,3);;;;;. The summed E-state index contributed by atoms with van der Waals surface area (Å²) in [6, 6.07) is 0. The Labute approximate surface area is 44.0 Å². The third-order valence-corrected chi connectivity index (χ3v) is 0. The second-order valence-electron chi connectivity index (χ2n) is 0.105. The van der Waals surface area contributed by atoms with Gasteiger partial charge in [-0.2, -0.15) is 0 Å². The van der Waals surface area contributed by atoms with Crippen molar-refractivity contribution in [3.8, 4) is 0 Å². The van der Waals surface area contributed by atoms with Crippen LogP contribution in [0.5, 0.6) is 0 Å². The fourth-order valence-electron chi connectivity index (χ4n) is 0. The third-order valence-electron chi connectivity index (χ3n) is 0. The van der Waals surface area contributed by atoms with Gasteiger partial charge in [-0.25, -0.2) is 0 Å². The molecule has 0 unspecified atom stereocenters. The summed E-state index contributed by atoms with van der Waals surface area (Å²) in [7, 11) is 0. The minimum atomic E-state index is -0.250. The van der Waals surface area contributed by atoms with Crippen molar-refractivity contribution in [2.24, 2.45) is 0 Å². The Kier molecular flexibility index (Phi) is 22.1. The Hall–Kier alpha value is 0.392. The van der Waals surface area contributed by atoms with E-state index in [-0.39, 0.29) is 33.8 Å². The van der Waals surface area contributed by atoms with E-state index in [0.29, 0.717) is 0 Å². The van der Waals surface area contributed by atoms with Crippen molar-refractivity contribution in [2.75, 3.05) is 0 Å². The van der Waals surface area contributed by atoms with Gasteiger partial charge in [-0.1, -0.05) is 0 Å². The Bertz CT molecular complexity index is 13.5. The van der Waals surface area contributed by atoms with Crippen molar-refractivity contribution >= 4 is 33.8 Å². The SMILES string of the molecule is O=CO.[PbH4]. The van der Waals surface area contributed by atoms with Gasteiger partial charge in [-0.05, 0) is 0 Å². The van der Waals surface area contributed by atoms with Gasteiger partial charge in [-0.3, -0.25) is 4.79 Å². The molecule has 3 heteroatoms. The molecule has 0 saturated carbocycles. The van der Waals surface area contributed by atoms with Gasteiger partial charge in [0.1, 0.15) is 0 Å². The topological polar surface area (TPSA) is 37.3 Å². The van der Waals surface area contributed by atoms with Crippen LogP contribution in [0, 0.1) is 0 Å². The fraction of sp³-hybridized carbons (Fsp3) is 0. The second kappa shape index (κ2) is 10.0. The monoisotopic (exact) mass is 258 g/mol. The van der Waals surface area contributed by atoms with E-state index >= 15 is 0 Å². The summed E-state index contributed by atoms with van der Waals surface area (Å²) in [5, 5.41) is 6.89. The van der Waals surface area contributed by atoms with Gasteiger partial charge >= 0.3 is 27.3 Å². The average molecular weight is 257 g/mol. The van der Waals surface area contributed by atoms with Gasteiger partial charge in [0, 0.05) is 0 Å². The number of rotatable bonds is 0. The van der Waals surface area contributed by atoms with Crippen LogP contribution in [0.15, 0.2) is 0 Å². The molecule has 0 spiro atoms. The van der Waals surface area contributed by atoms with Crippen LogP contribution in [0.25, 0.3) is 0 Å². The first-order valence-corrected chi connectivity index (χ1v) is 0.494. The van der Waals surface area contributed by atoms with Gasteiger partial charge in [-0.15, -0.1) is 0 Å². The minimum absolute atomic E-state index is 0. The van der Waals surface area contributed by atoms with E-state index < -0.39 is 0 Å². The van der Waals surface area contributed by atoms with Crippen molar-refractivity contribution in [2.45, 2.75) is 0 Å². The summed E-state index contributed by atoms with van der Waals surface area (Å²) in [4.78, 5) is 8.36. The van der Waals surface area contributed by atoms with Crippen molar-refractivity contribution in [1.29, 1.82) is 0 Å². The molecule has 2 nitrogen and oxygen atoms in total. The zero-order valence-corrected chi connectivity index (χ0v) is 1.43. The van der Waals surface area contributed by atoms with Crippen LogP contribution in [-0.2, 0) is 4.79 Å². The summed E-state index contributed by atoms with van der Waals surface area (Å²) in [6.45, 7) is -0.250. The maximum atomic E-state index is 8.36. The van der Waals surface area contributed by atoms with Crippen molar-refractivity contribution < 1.29 is 9.90 Å². The van der Waals surface area contributed by atoms with E-state index in [1.54, 1.807) is 0 Å². The van der Waals surface area contributed by atoms with Gasteiger partial charge in [0.25, 0.3) is 6.47 Å². The van der Waals surface area contributed by atoms with E-state index in [2.05, 4.69) is 0 Å². The number of hydrogen-bond donors (Lipinski definition) is 1. The first-order chi connectivity index (χ1) is 1.41. The summed E-state index contributed by atoms with van der Waals surface area (Å²) >= 11 is 0. The van der Waals surface area contributed by atoms with Gasteiger partial charge in [0.15, 0.2) is 0 Å². The molecule has 0 radical (unpaired) electrons. The van der Waals surface area contributed by atoms with Crippen LogP contribution in [0.4, 0.5) is 0 Å². The molecule has 0 aromatic carbocycles. The molecule has 4 heavy (non-hydrogen) atoms. The Balaban J connectivity index is 0. The van der Waals surface area contributed by atoms with Crippen LogP contribution >= 0.6 is 0 Å². The predicted molar refractivity (Wildman–Crippen MR) is 20.0 cm³/mol. The molecular weight excluding hydrogens is 251 g/mol. The van der Waals surface area contributed by atoms with E-state index in [1.165, 1.54) is 0 Å². The zero-order valence-electron chi connectivity index (χ0n) is 1.43. The normalized spacial score (nSPS) is 3.00. The molecule has 0 fully saturated rings. The van der Waals surface area contributed by atoms with Gasteiger partial charge in [0.2, 0.25) is 0 Å².